The van der Waals surface area contributed by atoms with Gasteiger partial charge < -0.3 is 19.7 Å². The first-order chi connectivity index (χ1) is 21.4. The number of hydrogen-bond acceptors (Lipinski definition) is 7. The fourth-order valence-electron chi connectivity index (χ4n) is 5.70. The number of hydrazine groups is 1. The topological polar surface area (TPSA) is 158 Å². The third kappa shape index (κ3) is 7.17. The zero-order valence-electron chi connectivity index (χ0n) is 24.8. The van der Waals surface area contributed by atoms with Gasteiger partial charge in [-0.2, -0.15) is 8.42 Å². The van der Waals surface area contributed by atoms with Crippen molar-refractivity contribution in [3.63, 3.8) is 0 Å². The number of ether oxygens (including phenoxy) is 1. The van der Waals surface area contributed by atoms with Crippen LogP contribution in [0.4, 0.5) is 4.79 Å². The van der Waals surface area contributed by atoms with Crippen LogP contribution in [0, 0.1) is 0 Å². The standard InChI is InChI=1S/C32H34N4O8S/c1-34(35(2)32(40)44-19-27-25-12-6-4-10-23(25)24-11-5-7-13-26(24)27)18-22-17-21-9-3-8-14-29(21)36(22)16-15-30(37)33-28(31(38)39)20-45(41,42)43/h3-14,17,27-28H,15-16,18-20H2,1-2H3,(H,33,37)(H,38,39)(H,41,42,43)/t28-/m0/s1. The van der Waals surface area contributed by atoms with Gasteiger partial charge in [-0.1, -0.05) is 66.7 Å². The molecule has 0 aliphatic heterocycles. The van der Waals surface area contributed by atoms with Crippen LogP contribution in [0.15, 0.2) is 78.9 Å². The Balaban J connectivity index is 1.25. The molecule has 0 saturated carbocycles. The van der Waals surface area contributed by atoms with Gasteiger partial charge in [-0.3, -0.25) is 9.35 Å². The summed E-state index contributed by atoms with van der Waals surface area (Å²) >= 11 is 0. The van der Waals surface area contributed by atoms with Crippen LogP contribution in [-0.4, -0.2) is 83.1 Å². The Morgan fingerprint density at radius 2 is 1.56 bits per heavy atom. The number of carbonyl (C=O) groups is 3. The zero-order valence-corrected chi connectivity index (χ0v) is 25.6. The van der Waals surface area contributed by atoms with Crippen LogP contribution in [0.2, 0.25) is 0 Å². The van der Waals surface area contributed by atoms with Crippen molar-refractivity contribution in [2.24, 2.45) is 0 Å². The average Bonchev–Trinajstić information content (AvgIpc) is 3.52. The van der Waals surface area contributed by atoms with Crippen molar-refractivity contribution in [3.8, 4) is 11.1 Å². The Morgan fingerprint density at radius 1 is 0.956 bits per heavy atom. The Bertz CT molecular complexity index is 1810. The molecule has 0 unspecified atom stereocenters. The van der Waals surface area contributed by atoms with Gasteiger partial charge >= 0.3 is 12.1 Å². The summed E-state index contributed by atoms with van der Waals surface area (Å²) in [7, 11) is -1.27. The summed E-state index contributed by atoms with van der Waals surface area (Å²) in [4.78, 5) is 37.2. The van der Waals surface area contributed by atoms with Crippen molar-refractivity contribution in [3.05, 3.63) is 95.7 Å². The molecule has 5 rings (SSSR count). The highest BCUT2D eigenvalue weighted by atomic mass is 32.2. The molecular formula is C32H34N4O8S. The fourth-order valence-corrected chi connectivity index (χ4v) is 6.34. The summed E-state index contributed by atoms with van der Waals surface area (Å²) in [6.45, 7) is 0.599. The highest BCUT2D eigenvalue weighted by Gasteiger charge is 2.30. The number of aromatic nitrogens is 1. The van der Waals surface area contributed by atoms with Gasteiger partial charge in [-0.15, -0.1) is 0 Å². The number of amides is 2. The van der Waals surface area contributed by atoms with Gasteiger partial charge in [0.1, 0.15) is 18.4 Å². The molecule has 3 aromatic carbocycles. The molecule has 0 bridgehead atoms. The Kier molecular flexibility index (Phi) is 9.23. The third-order valence-corrected chi connectivity index (χ3v) is 8.73. The smallest absolute Gasteiger partial charge is 0.424 e. The summed E-state index contributed by atoms with van der Waals surface area (Å²) < 4.78 is 39.1. The van der Waals surface area contributed by atoms with Gasteiger partial charge in [0.2, 0.25) is 5.91 Å². The molecule has 236 valence electrons. The first-order valence-corrected chi connectivity index (χ1v) is 15.9. The van der Waals surface area contributed by atoms with E-state index in [1.165, 1.54) is 5.01 Å². The van der Waals surface area contributed by atoms with Crippen LogP contribution >= 0.6 is 0 Å². The maximum absolute atomic E-state index is 13.2. The van der Waals surface area contributed by atoms with E-state index in [4.69, 9.17) is 9.29 Å². The van der Waals surface area contributed by atoms with Gasteiger partial charge in [-0.25, -0.2) is 19.6 Å². The molecule has 0 saturated heterocycles. The van der Waals surface area contributed by atoms with Gasteiger partial charge in [0.15, 0.2) is 0 Å². The molecule has 1 aliphatic rings. The molecule has 4 aromatic rings. The number of carboxylic acids is 1. The quantitative estimate of drug-likeness (QED) is 0.156. The van der Waals surface area contributed by atoms with Crippen molar-refractivity contribution in [2.75, 3.05) is 26.5 Å². The van der Waals surface area contributed by atoms with Crippen molar-refractivity contribution in [1.82, 2.24) is 19.9 Å². The minimum atomic E-state index is -4.62. The molecule has 3 N–H and O–H groups in total. The number of fused-ring (bicyclic) bond motifs is 4. The molecule has 45 heavy (non-hydrogen) atoms. The van der Waals surface area contributed by atoms with E-state index < -0.39 is 39.9 Å². The molecule has 0 spiro atoms. The normalized spacial score (nSPS) is 13.3. The Hall–Kier alpha value is -4.72. The van der Waals surface area contributed by atoms with Crippen molar-refractivity contribution in [2.45, 2.75) is 31.5 Å². The number of benzene rings is 3. The number of para-hydroxylation sites is 1. The summed E-state index contributed by atoms with van der Waals surface area (Å²) in [5.74, 6) is -3.49. The monoisotopic (exact) mass is 634 g/mol. The number of nitrogens with one attached hydrogen (secondary N) is 1. The molecule has 13 heteroatoms. The predicted molar refractivity (Wildman–Crippen MR) is 167 cm³/mol. The van der Waals surface area contributed by atoms with E-state index in [0.717, 1.165) is 38.9 Å². The van der Waals surface area contributed by atoms with E-state index >= 15 is 0 Å². The number of aryl methyl sites for hydroxylation is 1. The number of carboxylic acid groups (broad SMARTS) is 1. The highest BCUT2D eigenvalue weighted by Crippen LogP contribution is 2.44. The molecule has 0 radical (unpaired) electrons. The van der Waals surface area contributed by atoms with E-state index in [1.54, 1.807) is 19.1 Å². The summed E-state index contributed by atoms with van der Waals surface area (Å²) in [5, 5.41) is 15.4. The maximum Gasteiger partial charge on any atom is 0.424 e. The maximum atomic E-state index is 13.2. The van der Waals surface area contributed by atoms with E-state index in [0.29, 0.717) is 0 Å². The third-order valence-electron chi connectivity index (χ3n) is 7.97. The van der Waals surface area contributed by atoms with Crippen LogP contribution in [0.5, 0.6) is 0 Å². The second-order valence-corrected chi connectivity index (χ2v) is 12.4. The molecule has 2 amide bonds. The zero-order chi connectivity index (χ0) is 32.3. The summed E-state index contributed by atoms with van der Waals surface area (Å²) in [6.07, 6.45) is -0.688. The van der Waals surface area contributed by atoms with Crippen LogP contribution in [0.25, 0.3) is 22.0 Å². The SMILES string of the molecule is CN(Cc1cc2ccccc2n1CCC(=O)N[C@@H](CS(=O)(=O)O)C(=O)O)N(C)C(=O)OCC1c2ccccc2-c2ccccc21. The van der Waals surface area contributed by atoms with Crippen molar-refractivity contribution < 1.29 is 37.2 Å². The minimum absolute atomic E-state index is 0.0769. The second-order valence-electron chi connectivity index (χ2n) is 10.9. The highest BCUT2D eigenvalue weighted by molar-refractivity contribution is 7.85. The molecule has 1 aromatic heterocycles. The molecule has 1 atom stereocenters. The molecule has 1 aliphatic carbocycles. The molecule has 12 nitrogen and oxygen atoms in total. The van der Waals surface area contributed by atoms with E-state index in [9.17, 15) is 27.9 Å². The number of nitrogens with zero attached hydrogens (tertiary/aromatic N) is 3. The summed E-state index contributed by atoms with van der Waals surface area (Å²) in [5.41, 5.74) is 6.10. The Morgan fingerprint density at radius 3 is 2.18 bits per heavy atom. The largest absolute Gasteiger partial charge is 0.480 e. The summed E-state index contributed by atoms with van der Waals surface area (Å²) in [6, 6.07) is 23.9. The minimum Gasteiger partial charge on any atom is -0.480 e. The van der Waals surface area contributed by atoms with E-state index in [-0.39, 0.29) is 32.0 Å². The van der Waals surface area contributed by atoms with Crippen molar-refractivity contribution >= 4 is 39.0 Å². The number of aliphatic carboxylic acids is 1. The van der Waals surface area contributed by atoms with Crippen molar-refractivity contribution in [1.29, 1.82) is 0 Å². The number of hydrogen-bond donors (Lipinski definition) is 3. The predicted octanol–water partition coefficient (Wildman–Crippen LogP) is 3.72. The molecule has 1 heterocycles. The number of rotatable bonds is 12. The molecule has 0 fully saturated rings. The van der Waals surface area contributed by atoms with E-state index in [2.05, 4.69) is 29.6 Å². The van der Waals surface area contributed by atoms with Gasteiger partial charge in [0.05, 0.1) is 6.54 Å². The fraction of sp³-hybridized carbons (Fsp3) is 0.281. The van der Waals surface area contributed by atoms with Gasteiger partial charge in [-0.05, 0) is 39.8 Å². The van der Waals surface area contributed by atoms with Crippen LogP contribution in [0.1, 0.15) is 29.2 Å². The number of carbonyl (C=O) groups excluding carboxylic acids is 2. The van der Waals surface area contributed by atoms with Crippen LogP contribution in [-0.2, 0) is 37.5 Å². The first kappa shape index (κ1) is 31.7. The lowest BCUT2D eigenvalue weighted by Crippen LogP contribution is -2.45. The van der Waals surface area contributed by atoms with Crippen LogP contribution in [0.3, 0.4) is 0 Å². The average molecular weight is 635 g/mol. The molecular weight excluding hydrogens is 600 g/mol. The van der Waals surface area contributed by atoms with Crippen LogP contribution < -0.4 is 5.32 Å². The lowest BCUT2D eigenvalue weighted by Gasteiger charge is -2.28. The van der Waals surface area contributed by atoms with Gasteiger partial charge in [0, 0.05) is 44.2 Å². The lowest BCUT2D eigenvalue weighted by molar-refractivity contribution is -0.141. The van der Waals surface area contributed by atoms with E-state index in [1.807, 2.05) is 59.2 Å². The second kappa shape index (κ2) is 13.1. The first-order valence-electron chi connectivity index (χ1n) is 14.3. The van der Waals surface area contributed by atoms with Gasteiger partial charge in [0.25, 0.3) is 10.1 Å². The Labute approximate surface area is 260 Å². The lowest BCUT2D eigenvalue weighted by atomic mass is 9.98.